The first-order chi connectivity index (χ1) is 10.3. The summed E-state index contributed by atoms with van der Waals surface area (Å²) in [4.78, 5) is 38.7. The highest BCUT2D eigenvalue weighted by Crippen LogP contribution is 2.10. The molecule has 0 aromatic heterocycles. The molecule has 6 nitrogen and oxygen atoms in total. The van der Waals surface area contributed by atoms with Gasteiger partial charge in [0.1, 0.15) is 18.7 Å². The number of esters is 1. The van der Waals surface area contributed by atoms with Crippen molar-refractivity contribution in [2.24, 2.45) is 4.99 Å². The molecule has 0 heterocycles. The molecule has 0 saturated heterocycles. The zero-order valence-corrected chi connectivity index (χ0v) is 13.0. The SMILES string of the molecule is CC(C)(C)OC(=O)CN(Cc1ccccc1)C(=O)CN=C=O. The summed E-state index contributed by atoms with van der Waals surface area (Å²) in [7, 11) is 0. The maximum absolute atomic E-state index is 12.1. The molecule has 1 aromatic rings. The van der Waals surface area contributed by atoms with E-state index in [2.05, 4.69) is 4.99 Å². The van der Waals surface area contributed by atoms with Gasteiger partial charge in [-0.25, -0.2) is 4.79 Å². The van der Waals surface area contributed by atoms with E-state index in [-0.39, 0.29) is 19.6 Å². The van der Waals surface area contributed by atoms with Crippen molar-refractivity contribution in [1.82, 2.24) is 4.90 Å². The number of benzene rings is 1. The van der Waals surface area contributed by atoms with Crippen LogP contribution in [0.4, 0.5) is 0 Å². The lowest BCUT2D eigenvalue weighted by molar-refractivity contribution is -0.158. The molecule has 0 fully saturated rings. The highest BCUT2D eigenvalue weighted by Gasteiger charge is 2.22. The Morgan fingerprint density at radius 1 is 1.23 bits per heavy atom. The standard InChI is InChI=1S/C16H20N2O4/c1-16(2,3)22-15(21)11-18(14(20)9-17-12-19)10-13-7-5-4-6-8-13/h4-8H,9-11H2,1-3H3. The van der Waals surface area contributed by atoms with Crippen molar-refractivity contribution in [3.63, 3.8) is 0 Å². The van der Waals surface area contributed by atoms with Crippen LogP contribution in [0.15, 0.2) is 35.3 Å². The molecule has 1 aromatic carbocycles. The Morgan fingerprint density at radius 3 is 2.41 bits per heavy atom. The molecule has 0 spiro atoms. The molecule has 0 radical (unpaired) electrons. The number of hydrogen-bond acceptors (Lipinski definition) is 5. The van der Waals surface area contributed by atoms with Crippen molar-refractivity contribution in [3.8, 4) is 0 Å². The Balaban J connectivity index is 2.79. The molecule has 0 saturated carbocycles. The lowest BCUT2D eigenvalue weighted by atomic mass is 10.2. The third-order valence-corrected chi connectivity index (χ3v) is 2.59. The van der Waals surface area contributed by atoms with E-state index in [1.165, 1.54) is 11.0 Å². The molecule has 0 unspecified atom stereocenters. The van der Waals surface area contributed by atoms with Crippen LogP contribution in [0.3, 0.4) is 0 Å². The number of hydrogen-bond donors (Lipinski definition) is 0. The zero-order chi connectivity index (χ0) is 16.6. The quantitative estimate of drug-likeness (QED) is 0.455. The molecule has 0 atom stereocenters. The predicted octanol–water partition coefficient (Wildman–Crippen LogP) is 1.69. The fourth-order valence-corrected chi connectivity index (χ4v) is 1.77. The number of isocyanates is 1. The van der Waals surface area contributed by atoms with E-state index in [1.54, 1.807) is 20.8 Å². The second-order valence-corrected chi connectivity index (χ2v) is 5.73. The largest absolute Gasteiger partial charge is 0.459 e. The van der Waals surface area contributed by atoms with E-state index in [4.69, 9.17) is 4.74 Å². The van der Waals surface area contributed by atoms with Crippen LogP contribution in [0, 0.1) is 0 Å². The molecular weight excluding hydrogens is 284 g/mol. The van der Waals surface area contributed by atoms with E-state index in [0.717, 1.165) is 5.56 Å². The Kier molecular flexibility index (Phi) is 6.47. The van der Waals surface area contributed by atoms with E-state index >= 15 is 0 Å². The lowest BCUT2D eigenvalue weighted by Crippen LogP contribution is -2.39. The summed E-state index contributed by atoms with van der Waals surface area (Å²) in [6.07, 6.45) is 1.32. The molecule has 1 amide bonds. The van der Waals surface area contributed by atoms with E-state index in [1.807, 2.05) is 30.3 Å². The molecule has 118 valence electrons. The first kappa shape index (κ1) is 17.6. The maximum Gasteiger partial charge on any atom is 0.326 e. The lowest BCUT2D eigenvalue weighted by Gasteiger charge is -2.24. The summed E-state index contributed by atoms with van der Waals surface area (Å²) >= 11 is 0. The second-order valence-electron chi connectivity index (χ2n) is 5.73. The smallest absolute Gasteiger partial charge is 0.326 e. The number of rotatable bonds is 6. The van der Waals surface area contributed by atoms with Gasteiger partial charge in [-0.2, -0.15) is 4.99 Å². The van der Waals surface area contributed by atoms with Crippen molar-refractivity contribution in [3.05, 3.63) is 35.9 Å². The number of carbonyl (C=O) groups is 2. The van der Waals surface area contributed by atoms with Crippen LogP contribution >= 0.6 is 0 Å². The maximum atomic E-state index is 12.1. The Hall–Kier alpha value is -2.46. The van der Waals surface area contributed by atoms with E-state index in [9.17, 15) is 14.4 Å². The minimum absolute atomic E-state index is 0.195. The fourth-order valence-electron chi connectivity index (χ4n) is 1.77. The third-order valence-electron chi connectivity index (χ3n) is 2.59. The van der Waals surface area contributed by atoms with Gasteiger partial charge in [0.25, 0.3) is 0 Å². The summed E-state index contributed by atoms with van der Waals surface area (Å²) in [5.41, 5.74) is 0.244. The molecular formula is C16H20N2O4. The summed E-state index contributed by atoms with van der Waals surface area (Å²) in [5, 5.41) is 0. The molecule has 22 heavy (non-hydrogen) atoms. The second kappa shape index (κ2) is 8.10. The predicted molar refractivity (Wildman–Crippen MR) is 80.7 cm³/mol. The van der Waals surface area contributed by atoms with E-state index < -0.39 is 17.5 Å². The normalized spacial score (nSPS) is 10.5. The topological polar surface area (TPSA) is 76.0 Å². The number of nitrogens with zero attached hydrogens (tertiary/aromatic N) is 2. The van der Waals surface area contributed by atoms with Gasteiger partial charge >= 0.3 is 5.97 Å². The van der Waals surface area contributed by atoms with Crippen molar-refractivity contribution in [1.29, 1.82) is 0 Å². The Labute approximate surface area is 129 Å². The first-order valence-electron chi connectivity index (χ1n) is 6.89. The van der Waals surface area contributed by atoms with Crippen molar-refractivity contribution in [2.75, 3.05) is 13.1 Å². The number of aliphatic imine (C=N–C) groups is 1. The molecule has 0 aliphatic carbocycles. The third kappa shape index (κ3) is 6.81. The minimum Gasteiger partial charge on any atom is -0.459 e. The summed E-state index contributed by atoms with van der Waals surface area (Å²) < 4.78 is 5.22. The molecule has 0 aliphatic heterocycles. The average Bonchev–Trinajstić information content (AvgIpc) is 2.43. The van der Waals surface area contributed by atoms with Crippen molar-refractivity contribution >= 4 is 18.0 Å². The van der Waals surface area contributed by atoms with Gasteiger partial charge in [0.2, 0.25) is 12.0 Å². The van der Waals surface area contributed by atoms with Crippen molar-refractivity contribution in [2.45, 2.75) is 32.9 Å². The Morgan fingerprint density at radius 2 is 1.86 bits per heavy atom. The van der Waals surface area contributed by atoms with Crippen LogP contribution in [0.25, 0.3) is 0 Å². The van der Waals surface area contributed by atoms with Gasteiger partial charge in [-0.05, 0) is 26.3 Å². The van der Waals surface area contributed by atoms with Crippen LogP contribution in [0.2, 0.25) is 0 Å². The zero-order valence-electron chi connectivity index (χ0n) is 13.0. The van der Waals surface area contributed by atoms with Gasteiger partial charge in [0.15, 0.2) is 0 Å². The van der Waals surface area contributed by atoms with Crippen molar-refractivity contribution < 1.29 is 19.1 Å². The fraction of sp³-hybridized carbons (Fsp3) is 0.438. The molecule has 1 rings (SSSR count). The molecule has 0 aliphatic rings. The average molecular weight is 304 g/mol. The van der Waals surface area contributed by atoms with Gasteiger partial charge in [0, 0.05) is 6.54 Å². The van der Waals surface area contributed by atoms with Gasteiger partial charge in [-0.1, -0.05) is 30.3 Å². The first-order valence-corrected chi connectivity index (χ1v) is 6.89. The summed E-state index contributed by atoms with van der Waals surface area (Å²) in [6, 6.07) is 9.24. The van der Waals surface area contributed by atoms with Crippen LogP contribution in [-0.4, -0.2) is 41.5 Å². The highest BCUT2D eigenvalue weighted by molar-refractivity contribution is 5.84. The molecule has 0 bridgehead atoms. The minimum atomic E-state index is -0.625. The van der Waals surface area contributed by atoms with E-state index in [0.29, 0.717) is 0 Å². The summed E-state index contributed by atoms with van der Waals surface area (Å²) in [6.45, 7) is 4.98. The van der Waals surface area contributed by atoms with Crippen LogP contribution < -0.4 is 0 Å². The van der Waals surface area contributed by atoms with Gasteiger partial charge < -0.3 is 9.64 Å². The molecule has 0 N–H and O–H groups in total. The molecule has 6 heteroatoms. The highest BCUT2D eigenvalue weighted by atomic mass is 16.6. The monoisotopic (exact) mass is 304 g/mol. The van der Waals surface area contributed by atoms with Crippen LogP contribution in [0.1, 0.15) is 26.3 Å². The number of ether oxygens (including phenoxy) is 1. The van der Waals surface area contributed by atoms with Gasteiger partial charge in [-0.15, -0.1) is 0 Å². The van der Waals surface area contributed by atoms with Crippen LogP contribution in [-0.2, 0) is 25.7 Å². The number of carbonyl (C=O) groups excluding carboxylic acids is 3. The van der Waals surface area contributed by atoms with Crippen LogP contribution in [0.5, 0.6) is 0 Å². The summed E-state index contributed by atoms with van der Waals surface area (Å²) in [5.74, 6) is -0.940. The number of amides is 1. The van der Waals surface area contributed by atoms with Gasteiger partial charge in [-0.3, -0.25) is 9.59 Å². The Bertz CT molecular complexity index is 557. The van der Waals surface area contributed by atoms with Gasteiger partial charge in [0.05, 0.1) is 0 Å².